The molecule has 0 aliphatic carbocycles. The predicted octanol–water partition coefficient (Wildman–Crippen LogP) is 3.75. The first-order chi connectivity index (χ1) is 10.3. The Hall–Kier alpha value is -2.21. The molecule has 0 unspecified atom stereocenters. The first-order valence-electron chi connectivity index (χ1n) is 6.68. The second kappa shape index (κ2) is 6.05. The largest absolute Gasteiger partial charge is 0.491 e. The van der Waals surface area contributed by atoms with Crippen LogP contribution in [-0.2, 0) is 0 Å². The Morgan fingerprint density at radius 1 is 1.33 bits per heavy atom. The monoisotopic (exact) mass is 301 g/mol. The lowest BCUT2D eigenvalue weighted by Crippen LogP contribution is -1.97. The number of nitrogen functional groups attached to an aromatic ring is 1. The van der Waals surface area contributed by atoms with Crippen molar-refractivity contribution < 1.29 is 9.15 Å². The zero-order chi connectivity index (χ0) is 14.7. The fraction of sp³-hybridized carbons (Fsp3) is 0.200. The minimum absolute atomic E-state index is 0.524. The highest BCUT2D eigenvalue weighted by atomic mass is 32.2. The molecule has 0 atom stereocenters. The van der Waals surface area contributed by atoms with Gasteiger partial charge in [-0.3, -0.25) is 0 Å². The molecule has 2 aromatic heterocycles. The Labute approximate surface area is 126 Å². The topological polar surface area (TPSA) is 74.2 Å². The van der Waals surface area contributed by atoms with E-state index >= 15 is 0 Å². The number of aromatic nitrogens is 2. The molecule has 108 valence electrons. The molecule has 6 heteroatoms. The third-order valence-electron chi connectivity index (χ3n) is 2.77. The number of hydrogen-bond donors (Lipinski definition) is 1. The third-order valence-corrected chi connectivity index (χ3v) is 3.62. The van der Waals surface area contributed by atoms with E-state index in [1.54, 1.807) is 18.3 Å². The molecule has 2 heterocycles. The molecule has 0 saturated heterocycles. The number of nitrogens with two attached hydrogens (primary N) is 1. The fourth-order valence-corrected chi connectivity index (χ4v) is 2.61. The zero-order valence-corrected chi connectivity index (χ0v) is 12.4. The Morgan fingerprint density at radius 2 is 2.24 bits per heavy atom. The van der Waals surface area contributed by atoms with Gasteiger partial charge in [0.05, 0.1) is 6.61 Å². The van der Waals surface area contributed by atoms with Gasteiger partial charge in [-0.2, -0.15) is 0 Å². The standard InChI is InChI=1S/C15H15N3O2S/c1-2-8-19-13-4-3-7-17-14(13)21-15-18-11-9-10(16)5-6-12(11)20-15/h3-7,9H,2,8,16H2,1H3. The molecule has 0 aliphatic heterocycles. The van der Waals surface area contributed by atoms with Gasteiger partial charge in [-0.1, -0.05) is 6.92 Å². The highest BCUT2D eigenvalue weighted by Crippen LogP contribution is 2.34. The summed E-state index contributed by atoms with van der Waals surface area (Å²) in [7, 11) is 0. The van der Waals surface area contributed by atoms with E-state index in [1.807, 2.05) is 18.2 Å². The average Bonchev–Trinajstić information content (AvgIpc) is 2.87. The number of pyridine rings is 1. The number of anilines is 1. The summed E-state index contributed by atoms with van der Waals surface area (Å²) in [4.78, 5) is 8.74. The molecule has 0 fully saturated rings. The average molecular weight is 301 g/mol. The lowest BCUT2D eigenvalue weighted by molar-refractivity contribution is 0.307. The van der Waals surface area contributed by atoms with Gasteiger partial charge in [-0.05, 0) is 48.5 Å². The first-order valence-corrected chi connectivity index (χ1v) is 7.49. The van der Waals surface area contributed by atoms with Crippen molar-refractivity contribution in [2.24, 2.45) is 0 Å². The van der Waals surface area contributed by atoms with Crippen LogP contribution < -0.4 is 10.5 Å². The molecule has 0 bridgehead atoms. The highest BCUT2D eigenvalue weighted by Gasteiger charge is 2.12. The maximum absolute atomic E-state index is 5.74. The minimum atomic E-state index is 0.524. The molecule has 1 aromatic carbocycles. The van der Waals surface area contributed by atoms with E-state index in [9.17, 15) is 0 Å². The van der Waals surface area contributed by atoms with Gasteiger partial charge in [0, 0.05) is 11.9 Å². The minimum Gasteiger partial charge on any atom is -0.491 e. The first kappa shape index (κ1) is 13.8. The quantitative estimate of drug-likeness (QED) is 0.723. The number of benzene rings is 1. The van der Waals surface area contributed by atoms with Crippen LogP contribution in [0, 0.1) is 0 Å². The van der Waals surface area contributed by atoms with Crippen LogP contribution >= 0.6 is 11.8 Å². The third kappa shape index (κ3) is 3.11. The molecular weight excluding hydrogens is 286 g/mol. The SMILES string of the molecule is CCCOc1cccnc1Sc1nc2cc(N)ccc2o1. The number of oxazole rings is 1. The van der Waals surface area contributed by atoms with Crippen LogP contribution in [-0.4, -0.2) is 16.6 Å². The van der Waals surface area contributed by atoms with Crippen molar-refractivity contribution in [3.05, 3.63) is 36.5 Å². The van der Waals surface area contributed by atoms with Gasteiger partial charge >= 0.3 is 0 Å². The maximum Gasteiger partial charge on any atom is 0.263 e. The van der Waals surface area contributed by atoms with Gasteiger partial charge in [-0.25, -0.2) is 9.97 Å². The summed E-state index contributed by atoms with van der Waals surface area (Å²) < 4.78 is 11.4. The van der Waals surface area contributed by atoms with Gasteiger partial charge in [-0.15, -0.1) is 0 Å². The van der Waals surface area contributed by atoms with Gasteiger partial charge in [0.1, 0.15) is 10.5 Å². The van der Waals surface area contributed by atoms with Gasteiger partial charge < -0.3 is 14.9 Å². The van der Waals surface area contributed by atoms with Crippen molar-refractivity contribution in [3.8, 4) is 5.75 Å². The second-order valence-corrected chi connectivity index (χ2v) is 5.40. The van der Waals surface area contributed by atoms with E-state index < -0.39 is 0 Å². The van der Waals surface area contributed by atoms with Crippen LogP contribution in [0.4, 0.5) is 5.69 Å². The van der Waals surface area contributed by atoms with E-state index in [1.165, 1.54) is 11.8 Å². The fourth-order valence-electron chi connectivity index (χ4n) is 1.82. The summed E-state index contributed by atoms with van der Waals surface area (Å²) in [6.07, 6.45) is 2.67. The number of nitrogens with zero attached hydrogens (tertiary/aromatic N) is 2. The van der Waals surface area contributed by atoms with Crippen LogP contribution in [0.25, 0.3) is 11.1 Å². The molecule has 3 rings (SSSR count). The molecule has 2 N–H and O–H groups in total. The summed E-state index contributed by atoms with van der Waals surface area (Å²) in [5.74, 6) is 0.742. The lowest BCUT2D eigenvalue weighted by Gasteiger charge is -2.07. The summed E-state index contributed by atoms with van der Waals surface area (Å²) in [5.41, 5.74) is 7.86. The summed E-state index contributed by atoms with van der Waals surface area (Å²) in [5, 5.41) is 1.26. The van der Waals surface area contributed by atoms with Gasteiger partial charge in [0.15, 0.2) is 11.3 Å². The molecule has 21 heavy (non-hydrogen) atoms. The molecule has 5 nitrogen and oxygen atoms in total. The summed E-state index contributed by atoms with van der Waals surface area (Å²) >= 11 is 1.34. The molecule has 3 aromatic rings. The van der Waals surface area contributed by atoms with Crippen molar-refractivity contribution in [2.75, 3.05) is 12.3 Å². The van der Waals surface area contributed by atoms with Crippen molar-refractivity contribution in [1.29, 1.82) is 0 Å². The van der Waals surface area contributed by atoms with Crippen molar-refractivity contribution in [2.45, 2.75) is 23.6 Å². The van der Waals surface area contributed by atoms with E-state index in [-0.39, 0.29) is 0 Å². The molecule has 0 spiro atoms. The van der Waals surface area contributed by atoms with Crippen LogP contribution in [0.15, 0.2) is 51.2 Å². The Kier molecular flexibility index (Phi) is 3.96. The van der Waals surface area contributed by atoms with Crippen molar-refractivity contribution in [1.82, 2.24) is 9.97 Å². The van der Waals surface area contributed by atoms with Crippen LogP contribution in [0.5, 0.6) is 5.75 Å². The highest BCUT2D eigenvalue weighted by molar-refractivity contribution is 7.99. The van der Waals surface area contributed by atoms with Crippen LogP contribution in [0.2, 0.25) is 0 Å². The van der Waals surface area contributed by atoms with E-state index in [0.717, 1.165) is 22.7 Å². The molecule has 0 saturated carbocycles. The number of fused-ring (bicyclic) bond motifs is 1. The molecule has 0 aliphatic rings. The van der Waals surface area contributed by atoms with Gasteiger partial charge in [0.25, 0.3) is 5.22 Å². The Morgan fingerprint density at radius 3 is 3.10 bits per heavy atom. The summed E-state index contributed by atoms with van der Waals surface area (Å²) in [6, 6.07) is 9.14. The van der Waals surface area contributed by atoms with Crippen molar-refractivity contribution in [3.63, 3.8) is 0 Å². The van der Waals surface area contributed by atoms with Gasteiger partial charge in [0.2, 0.25) is 0 Å². The number of hydrogen-bond acceptors (Lipinski definition) is 6. The van der Waals surface area contributed by atoms with E-state index in [4.69, 9.17) is 14.9 Å². The normalized spacial score (nSPS) is 10.9. The molecule has 0 amide bonds. The Balaban J connectivity index is 1.87. The van der Waals surface area contributed by atoms with E-state index in [2.05, 4.69) is 16.9 Å². The lowest BCUT2D eigenvalue weighted by atomic mass is 10.3. The predicted molar refractivity (Wildman–Crippen MR) is 82.6 cm³/mol. The number of ether oxygens (including phenoxy) is 1. The number of rotatable bonds is 5. The van der Waals surface area contributed by atoms with Crippen LogP contribution in [0.3, 0.4) is 0 Å². The zero-order valence-electron chi connectivity index (χ0n) is 11.6. The molecule has 0 radical (unpaired) electrons. The van der Waals surface area contributed by atoms with Crippen LogP contribution in [0.1, 0.15) is 13.3 Å². The Bertz CT molecular complexity index is 758. The summed E-state index contributed by atoms with van der Waals surface area (Å²) in [6.45, 7) is 2.72. The molecular formula is C15H15N3O2S. The maximum atomic E-state index is 5.74. The smallest absolute Gasteiger partial charge is 0.263 e. The second-order valence-electron chi connectivity index (χ2n) is 4.46. The van der Waals surface area contributed by atoms with Crippen molar-refractivity contribution >= 4 is 28.5 Å². The van der Waals surface area contributed by atoms with E-state index in [0.29, 0.717) is 23.1 Å².